The number of nitrogens with two attached hydrogens (primary N) is 1. The molecule has 0 aliphatic heterocycles. The summed E-state index contributed by atoms with van der Waals surface area (Å²) in [4.78, 5) is 27.6. The predicted molar refractivity (Wildman–Crippen MR) is 92.6 cm³/mol. The van der Waals surface area contributed by atoms with Gasteiger partial charge in [0.2, 0.25) is 5.91 Å². The number of amides is 1. The molecule has 0 unspecified atom stereocenters. The Bertz CT molecular complexity index is 771. The van der Waals surface area contributed by atoms with Gasteiger partial charge >= 0.3 is 5.69 Å². The average Bonchev–Trinajstić information content (AvgIpc) is 2.95. The van der Waals surface area contributed by atoms with Crippen LogP contribution in [0.25, 0.3) is 0 Å². The van der Waals surface area contributed by atoms with Gasteiger partial charge in [-0.1, -0.05) is 18.6 Å². The van der Waals surface area contributed by atoms with Crippen LogP contribution >= 0.6 is 0 Å². The largest absolute Gasteiger partial charge is 0.347 e. The van der Waals surface area contributed by atoms with E-state index in [0.717, 1.165) is 30.5 Å². The summed E-state index contributed by atoms with van der Waals surface area (Å²) in [6, 6.07) is 9.38. The number of carbonyl (C=O) groups is 1. The SMILES string of the molecule is N[C@@H]1CCC[C@H]1CC(=O)Nc1cccc(Cn2cccnc2=O)c1. The maximum absolute atomic E-state index is 12.2. The van der Waals surface area contributed by atoms with Crippen LogP contribution in [0.5, 0.6) is 0 Å². The Kier molecular flexibility index (Phi) is 5.05. The van der Waals surface area contributed by atoms with E-state index in [1.54, 1.807) is 12.3 Å². The Morgan fingerprint density at radius 2 is 2.21 bits per heavy atom. The molecule has 2 aromatic rings. The fourth-order valence-electron chi connectivity index (χ4n) is 3.22. The summed E-state index contributed by atoms with van der Waals surface area (Å²) < 4.78 is 1.53. The fourth-order valence-corrected chi connectivity index (χ4v) is 3.22. The van der Waals surface area contributed by atoms with E-state index in [-0.39, 0.29) is 23.6 Å². The molecule has 24 heavy (non-hydrogen) atoms. The number of nitrogens with one attached hydrogen (secondary N) is 1. The minimum Gasteiger partial charge on any atom is -0.327 e. The number of nitrogens with zero attached hydrogens (tertiary/aromatic N) is 2. The number of benzene rings is 1. The molecule has 1 amide bonds. The first-order valence-electron chi connectivity index (χ1n) is 8.27. The Balaban J connectivity index is 1.63. The Labute approximate surface area is 140 Å². The Morgan fingerprint density at radius 3 is 2.96 bits per heavy atom. The lowest BCUT2D eigenvalue weighted by molar-refractivity contribution is -0.117. The van der Waals surface area contributed by atoms with Gasteiger partial charge in [-0.2, -0.15) is 0 Å². The molecule has 1 fully saturated rings. The van der Waals surface area contributed by atoms with Gasteiger partial charge in [0.25, 0.3) is 0 Å². The van der Waals surface area contributed by atoms with Crippen LogP contribution in [0, 0.1) is 5.92 Å². The monoisotopic (exact) mass is 326 g/mol. The van der Waals surface area contributed by atoms with E-state index < -0.39 is 0 Å². The highest BCUT2D eigenvalue weighted by Gasteiger charge is 2.25. The molecule has 1 saturated carbocycles. The minimum absolute atomic E-state index is 0.00644. The van der Waals surface area contributed by atoms with E-state index in [9.17, 15) is 9.59 Å². The molecular formula is C18H22N4O2. The highest BCUT2D eigenvalue weighted by molar-refractivity contribution is 5.91. The molecule has 0 radical (unpaired) electrons. The average molecular weight is 326 g/mol. The summed E-state index contributed by atoms with van der Waals surface area (Å²) >= 11 is 0. The third-order valence-electron chi connectivity index (χ3n) is 4.51. The maximum Gasteiger partial charge on any atom is 0.347 e. The highest BCUT2D eigenvalue weighted by atomic mass is 16.2. The van der Waals surface area contributed by atoms with Gasteiger partial charge in [-0.05, 0) is 42.5 Å². The zero-order valence-corrected chi connectivity index (χ0v) is 13.5. The summed E-state index contributed by atoms with van der Waals surface area (Å²) in [5.41, 5.74) is 7.40. The lowest BCUT2D eigenvalue weighted by atomic mass is 10.00. The molecule has 2 atom stereocenters. The van der Waals surface area contributed by atoms with Crippen molar-refractivity contribution >= 4 is 11.6 Å². The smallest absolute Gasteiger partial charge is 0.327 e. The second kappa shape index (κ2) is 7.40. The molecule has 1 aliphatic carbocycles. The minimum atomic E-state index is -0.290. The van der Waals surface area contributed by atoms with Crippen molar-refractivity contribution in [3.63, 3.8) is 0 Å². The van der Waals surface area contributed by atoms with Crippen LogP contribution in [0.2, 0.25) is 0 Å². The van der Waals surface area contributed by atoms with Gasteiger partial charge in [0.1, 0.15) is 0 Å². The second-order valence-electron chi connectivity index (χ2n) is 6.34. The van der Waals surface area contributed by atoms with E-state index in [1.807, 2.05) is 24.3 Å². The van der Waals surface area contributed by atoms with E-state index in [4.69, 9.17) is 5.73 Å². The summed E-state index contributed by atoms with van der Waals surface area (Å²) in [6.07, 6.45) is 6.78. The van der Waals surface area contributed by atoms with Gasteiger partial charge in [0.05, 0.1) is 6.54 Å². The number of hydrogen-bond acceptors (Lipinski definition) is 4. The quantitative estimate of drug-likeness (QED) is 0.876. The number of rotatable bonds is 5. The lowest BCUT2D eigenvalue weighted by Crippen LogP contribution is -2.28. The number of carbonyl (C=O) groups excluding carboxylic acids is 1. The van der Waals surface area contributed by atoms with Crippen molar-refractivity contribution in [1.82, 2.24) is 9.55 Å². The van der Waals surface area contributed by atoms with Crippen molar-refractivity contribution in [2.75, 3.05) is 5.32 Å². The summed E-state index contributed by atoms with van der Waals surface area (Å²) in [7, 11) is 0. The van der Waals surface area contributed by atoms with Crippen molar-refractivity contribution in [3.05, 3.63) is 58.8 Å². The molecule has 0 saturated heterocycles. The summed E-state index contributed by atoms with van der Waals surface area (Å²) in [5, 5.41) is 2.93. The molecule has 126 valence electrons. The zero-order valence-electron chi connectivity index (χ0n) is 13.5. The standard InChI is InChI=1S/C18H22N4O2/c19-16-7-2-5-14(16)11-17(23)21-15-6-1-4-13(10-15)12-22-9-3-8-20-18(22)24/h1,3-4,6,8-10,14,16H,2,5,7,11-12,19H2,(H,21,23)/t14-,16+/m0/s1. The first kappa shape index (κ1) is 16.4. The van der Waals surface area contributed by atoms with Crippen LogP contribution in [-0.4, -0.2) is 21.5 Å². The maximum atomic E-state index is 12.2. The van der Waals surface area contributed by atoms with Gasteiger partial charge in [0.15, 0.2) is 0 Å². The van der Waals surface area contributed by atoms with Crippen LogP contribution in [0.15, 0.2) is 47.5 Å². The molecule has 6 heteroatoms. The van der Waals surface area contributed by atoms with Gasteiger partial charge in [-0.3, -0.25) is 9.36 Å². The molecule has 0 bridgehead atoms. The van der Waals surface area contributed by atoms with Gasteiger partial charge in [-0.15, -0.1) is 0 Å². The molecule has 1 aromatic heterocycles. The van der Waals surface area contributed by atoms with Gasteiger partial charge in [0, 0.05) is 30.5 Å². The Morgan fingerprint density at radius 1 is 1.33 bits per heavy atom. The molecular weight excluding hydrogens is 304 g/mol. The van der Waals surface area contributed by atoms with E-state index in [0.29, 0.717) is 13.0 Å². The van der Waals surface area contributed by atoms with Crippen LogP contribution in [0.3, 0.4) is 0 Å². The van der Waals surface area contributed by atoms with Crippen LogP contribution in [0.4, 0.5) is 5.69 Å². The van der Waals surface area contributed by atoms with E-state index >= 15 is 0 Å². The normalized spacial score (nSPS) is 20.0. The van der Waals surface area contributed by atoms with E-state index in [2.05, 4.69) is 10.3 Å². The fraction of sp³-hybridized carbons (Fsp3) is 0.389. The highest BCUT2D eigenvalue weighted by Crippen LogP contribution is 2.27. The third kappa shape index (κ3) is 4.08. The second-order valence-corrected chi connectivity index (χ2v) is 6.34. The molecule has 1 aromatic carbocycles. The number of hydrogen-bond donors (Lipinski definition) is 2. The summed E-state index contributed by atoms with van der Waals surface area (Å²) in [6.45, 7) is 0.421. The van der Waals surface area contributed by atoms with Crippen molar-refractivity contribution in [2.24, 2.45) is 11.7 Å². The molecule has 0 spiro atoms. The van der Waals surface area contributed by atoms with E-state index in [1.165, 1.54) is 10.8 Å². The first-order chi connectivity index (χ1) is 11.6. The molecule has 1 heterocycles. The van der Waals surface area contributed by atoms with Crippen LogP contribution < -0.4 is 16.7 Å². The van der Waals surface area contributed by atoms with Gasteiger partial charge in [-0.25, -0.2) is 9.78 Å². The number of aromatic nitrogens is 2. The molecule has 3 rings (SSSR count). The predicted octanol–water partition coefficient (Wildman–Crippen LogP) is 1.75. The third-order valence-corrected chi connectivity index (χ3v) is 4.51. The topological polar surface area (TPSA) is 90.0 Å². The van der Waals surface area contributed by atoms with Crippen molar-refractivity contribution < 1.29 is 4.79 Å². The molecule has 3 N–H and O–H groups in total. The first-order valence-corrected chi connectivity index (χ1v) is 8.27. The zero-order chi connectivity index (χ0) is 16.9. The van der Waals surface area contributed by atoms with Crippen molar-refractivity contribution in [1.29, 1.82) is 0 Å². The molecule has 1 aliphatic rings. The van der Waals surface area contributed by atoms with Crippen LogP contribution in [0.1, 0.15) is 31.2 Å². The lowest BCUT2D eigenvalue weighted by Gasteiger charge is -2.15. The van der Waals surface area contributed by atoms with Crippen LogP contribution in [-0.2, 0) is 11.3 Å². The van der Waals surface area contributed by atoms with Gasteiger partial charge < -0.3 is 11.1 Å². The number of anilines is 1. The van der Waals surface area contributed by atoms with Crippen molar-refractivity contribution in [2.45, 2.75) is 38.3 Å². The summed E-state index contributed by atoms with van der Waals surface area (Å²) in [5.74, 6) is 0.273. The molecule has 6 nitrogen and oxygen atoms in total. The van der Waals surface area contributed by atoms with Crippen molar-refractivity contribution in [3.8, 4) is 0 Å². The Hall–Kier alpha value is -2.47.